The summed E-state index contributed by atoms with van der Waals surface area (Å²) in [5, 5.41) is 10.9. The molecule has 0 saturated heterocycles. The number of carbonyl (C=O) groups is 1. The van der Waals surface area contributed by atoms with E-state index < -0.39 is 18.0 Å². The predicted octanol–water partition coefficient (Wildman–Crippen LogP) is 4.44. The zero-order chi connectivity index (χ0) is 23.5. The molecule has 174 valence electrons. The van der Waals surface area contributed by atoms with Gasteiger partial charge in [0.05, 0.1) is 25.7 Å². The molecule has 0 saturated carbocycles. The maximum atomic E-state index is 12.3. The Hall–Kier alpha value is -3.38. The quantitative estimate of drug-likeness (QED) is 0.413. The van der Waals surface area contributed by atoms with Crippen LogP contribution in [0.1, 0.15) is 30.1 Å². The molecule has 0 fully saturated rings. The molecular weight excluding hydrogens is 416 g/mol. The van der Waals surface area contributed by atoms with Crippen LogP contribution in [0.2, 0.25) is 0 Å². The molecule has 0 amide bonds. The van der Waals surface area contributed by atoms with E-state index in [-0.39, 0.29) is 0 Å². The van der Waals surface area contributed by atoms with E-state index in [4.69, 9.17) is 9.47 Å². The Morgan fingerprint density at radius 1 is 1.03 bits per heavy atom. The second-order valence-electron chi connectivity index (χ2n) is 7.98. The lowest BCUT2D eigenvalue weighted by atomic mass is 9.90. The summed E-state index contributed by atoms with van der Waals surface area (Å²) in [6, 6.07) is 23.1. The van der Waals surface area contributed by atoms with Gasteiger partial charge in [-0.25, -0.2) is 4.98 Å². The van der Waals surface area contributed by atoms with Crippen molar-refractivity contribution in [1.82, 2.24) is 4.98 Å². The van der Waals surface area contributed by atoms with Crippen molar-refractivity contribution >= 4 is 11.8 Å². The number of benzene rings is 2. The van der Waals surface area contributed by atoms with Crippen LogP contribution in [0.25, 0.3) is 0 Å². The number of anilines is 1. The van der Waals surface area contributed by atoms with E-state index >= 15 is 0 Å². The maximum absolute atomic E-state index is 12.3. The molecule has 3 aromatic rings. The zero-order valence-corrected chi connectivity index (χ0v) is 19.3. The third-order valence-electron chi connectivity index (χ3n) is 5.67. The van der Waals surface area contributed by atoms with Crippen molar-refractivity contribution in [2.24, 2.45) is 5.92 Å². The number of nitrogens with zero attached hydrogens (tertiary/aromatic N) is 2. The molecule has 6 nitrogen and oxygen atoms in total. The Kier molecular flexibility index (Phi) is 9.27. The van der Waals surface area contributed by atoms with Crippen LogP contribution in [0, 0.1) is 5.92 Å². The lowest BCUT2D eigenvalue weighted by molar-refractivity contribution is -0.150. The van der Waals surface area contributed by atoms with E-state index in [1.165, 1.54) is 12.7 Å². The van der Waals surface area contributed by atoms with Gasteiger partial charge in [-0.3, -0.25) is 4.79 Å². The summed E-state index contributed by atoms with van der Waals surface area (Å²) in [5.74, 6) is 0.589. The van der Waals surface area contributed by atoms with Gasteiger partial charge >= 0.3 is 5.97 Å². The number of methoxy groups -OCH3 is 1. The fourth-order valence-corrected chi connectivity index (χ4v) is 3.71. The molecule has 33 heavy (non-hydrogen) atoms. The van der Waals surface area contributed by atoms with Crippen molar-refractivity contribution in [3.8, 4) is 5.75 Å². The SMILES string of the molecule is COC(=O)C(CCCc1ccccc1)C(O)c1ccc(OCCN(C)c2ccccn2)cc1. The average molecular weight is 449 g/mol. The fourth-order valence-electron chi connectivity index (χ4n) is 3.71. The second kappa shape index (κ2) is 12.6. The van der Waals surface area contributed by atoms with Gasteiger partial charge in [-0.05, 0) is 54.7 Å². The molecule has 1 N–H and O–H groups in total. The molecule has 0 aliphatic rings. The number of esters is 1. The Labute approximate surface area is 195 Å². The van der Waals surface area contributed by atoms with Crippen molar-refractivity contribution in [1.29, 1.82) is 0 Å². The number of aromatic nitrogens is 1. The van der Waals surface area contributed by atoms with Gasteiger partial charge in [0.2, 0.25) is 0 Å². The van der Waals surface area contributed by atoms with Gasteiger partial charge in [0.15, 0.2) is 0 Å². The number of hydrogen-bond donors (Lipinski definition) is 1. The standard InChI is InChI=1S/C27H32N2O4/c1-29(25-13-6-7-18-28-25)19-20-33-23-16-14-22(15-17-23)26(30)24(27(31)32-2)12-8-11-21-9-4-3-5-10-21/h3-7,9-10,13-18,24,26,30H,8,11-12,19-20H2,1-2H3. The van der Waals surface area contributed by atoms with Gasteiger partial charge in [-0.2, -0.15) is 0 Å². The van der Waals surface area contributed by atoms with E-state index in [0.29, 0.717) is 30.9 Å². The third-order valence-corrected chi connectivity index (χ3v) is 5.67. The van der Waals surface area contributed by atoms with E-state index in [9.17, 15) is 9.90 Å². The van der Waals surface area contributed by atoms with Gasteiger partial charge in [-0.15, -0.1) is 0 Å². The molecule has 0 aliphatic carbocycles. The fraction of sp³-hybridized carbons (Fsp3) is 0.333. The smallest absolute Gasteiger partial charge is 0.311 e. The number of likely N-dealkylation sites (N-methyl/N-ethyl adjacent to an activating group) is 1. The molecule has 6 heteroatoms. The van der Waals surface area contributed by atoms with Crippen LogP contribution in [-0.2, 0) is 16.0 Å². The minimum Gasteiger partial charge on any atom is -0.492 e. The number of ether oxygens (including phenoxy) is 2. The van der Waals surface area contributed by atoms with Crippen molar-refractivity contribution < 1.29 is 19.4 Å². The summed E-state index contributed by atoms with van der Waals surface area (Å²) in [6.45, 7) is 1.19. The van der Waals surface area contributed by atoms with Crippen LogP contribution in [0.5, 0.6) is 5.75 Å². The highest BCUT2D eigenvalue weighted by Crippen LogP contribution is 2.29. The average Bonchev–Trinajstić information content (AvgIpc) is 2.87. The maximum Gasteiger partial charge on any atom is 0.311 e. The number of rotatable bonds is 12. The van der Waals surface area contributed by atoms with Crippen LogP contribution in [0.15, 0.2) is 79.0 Å². The summed E-state index contributed by atoms with van der Waals surface area (Å²) in [7, 11) is 3.33. The molecule has 0 aliphatic heterocycles. The molecule has 3 rings (SSSR count). The Balaban J connectivity index is 1.52. The number of aryl methyl sites for hydroxylation is 1. The van der Waals surface area contributed by atoms with Gasteiger partial charge in [0.1, 0.15) is 18.2 Å². The van der Waals surface area contributed by atoms with Crippen LogP contribution in [-0.4, -0.2) is 43.4 Å². The first-order valence-corrected chi connectivity index (χ1v) is 11.2. The largest absolute Gasteiger partial charge is 0.492 e. The van der Waals surface area contributed by atoms with Gasteiger partial charge < -0.3 is 19.5 Å². The molecular formula is C27H32N2O4. The first-order chi connectivity index (χ1) is 16.1. The van der Waals surface area contributed by atoms with Crippen molar-refractivity contribution in [3.63, 3.8) is 0 Å². The number of aliphatic hydroxyl groups excluding tert-OH is 1. The van der Waals surface area contributed by atoms with E-state index in [1.807, 2.05) is 60.5 Å². The van der Waals surface area contributed by atoms with E-state index in [0.717, 1.165) is 18.7 Å². The van der Waals surface area contributed by atoms with Crippen molar-refractivity contribution in [2.75, 3.05) is 32.2 Å². The monoisotopic (exact) mass is 448 g/mol. The Bertz CT molecular complexity index is 964. The van der Waals surface area contributed by atoms with Crippen LogP contribution >= 0.6 is 0 Å². The molecule has 0 radical (unpaired) electrons. The number of aliphatic hydroxyl groups is 1. The van der Waals surface area contributed by atoms with Gasteiger partial charge in [0, 0.05) is 13.2 Å². The summed E-state index contributed by atoms with van der Waals surface area (Å²) in [6.07, 6.45) is 3.01. The molecule has 2 unspecified atom stereocenters. The van der Waals surface area contributed by atoms with Crippen molar-refractivity contribution in [2.45, 2.75) is 25.4 Å². The summed E-state index contributed by atoms with van der Waals surface area (Å²) in [5.41, 5.74) is 1.88. The second-order valence-corrected chi connectivity index (χ2v) is 7.98. The zero-order valence-electron chi connectivity index (χ0n) is 19.3. The highest BCUT2D eigenvalue weighted by atomic mass is 16.5. The van der Waals surface area contributed by atoms with E-state index in [2.05, 4.69) is 17.1 Å². The molecule has 1 heterocycles. The van der Waals surface area contributed by atoms with Gasteiger partial charge in [-0.1, -0.05) is 48.5 Å². The number of hydrogen-bond acceptors (Lipinski definition) is 6. The van der Waals surface area contributed by atoms with E-state index in [1.54, 1.807) is 18.3 Å². The summed E-state index contributed by atoms with van der Waals surface area (Å²) >= 11 is 0. The summed E-state index contributed by atoms with van der Waals surface area (Å²) in [4.78, 5) is 18.7. The summed E-state index contributed by atoms with van der Waals surface area (Å²) < 4.78 is 10.8. The first-order valence-electron chi connectivity index (χ1n) is 11.2. The van der Waals surface area contributed by atoms with Crippen LogP contribution < -0.4 is 9.64 Å². The minimum atomic E-state index is -0.933. The minimum absolute atomic E-state index is 0.395. The molecule has 2 atom stereocenters. The van der Waals surface area contributed by atoms with Crippen LogP contribution in [0.4, 0.5) is 5.82 Å². The highest BCUT2D eigenvalue weighted by Gasteiger charge is 2.28. The first kappa shape index (κ1) is 24.3. The molecule has 0 bridgehead atoms. The Morgan fingerprint density at radius 3 is 2.42 bits per heavy atom. The third kappa shape index (κ3) is 7.32. The van der Waals surface area contributed by atoms with Crippen molar-refractivity contribution in [3.05, 3.63) is 90.1 Å². The number of carbonyl (C=O) groups excluding carboxylic acids is 1. The molecule has 0 spiro atoms. The molecule has 2 aromatic carbocycles. The number of pyridine rings is 1. The lowest BCUT2D eigenvalue weighted by Gasteiger charge is -2.21. The van der Waals surface area contributed by atoms with Gasteiger partial charge in [0.25, 0.3) is 0 Å². The highest BCUT2D eigenvalue weighted by molar-refractivity contribution is 5.73. The predicted molar refractivity (Wildman–Crippen MR) is 129 cm³/mol. The Morgan fingerprint density at radius 2 is 1.76 bits per heavy atom. The normalized spacial score (nSPS) is 12.6. The topological polar surface area (TPSA) is 71.9 Å². The lowest BCUT2D eigenvalue weighted by Crippen LogP contribution is -2.24. The molecule has 1 aromatic heterocycles. The van der Waals surface area contributed by atoms with Crippen LogP contribution in [0.3, 0.4) is 0 Å².